The van der Waals surface area contributed by atoms with Crippen LogP contribution >= 0.6 is 0 Å². The van der Waals surface area contributed by atoms with Crippen molar-refractivity contribution in [2.45, 2.75) is 44.2 Å². The van der Waals surface area contributed by atoms with Gasteiger partial charge in [0.25, 0.3) is 11.8 Å². The number of nitrogens with zero attached hydrogens (tertiary/aromatic N) is 4. The van der Waals surface area contributed by atoms with Crippen LogP contribution in [0, 0.1) is 5.82 Å². The van der Waals surface area contributed by atoms with Gasteiger partial charge in [-0.15, -0.1) is 5.10 Å². The molecule has 2 aliphatic heterocycles. The zero-order chi connectivity index (χ0) is 25.0. The van der Waals surface area contributed by atoms with Crippen molar-refractivity contribution in [1.29, 1.82) is 0 Å². The Hall–Kier alpha value is -4.41. The molecule has 3 aliphatic rings. The number of fused-ring (bicyclic) bond motifs is 1. The number of anilines is 1. The summed E-state index contributed by atoms with van der Waals surface area (Å²) in [6.07, 6.45) is 4.01. The largest absolute Gasteiger partial charge is 0.322 e. The number of halogens is 1. The predicted octanol–water partition coefficient (Wildman–Crippen LogP) is 2.30. The molecule has 2 aromatic carbocycles. The van der Waals surface area contributed by atoms with Crippen LogP contribution in [0.5, 0.6) is 0 Å². The second-order valence-electron chi connectivity index (χ2n) is 9.26. The third-order valence-electron chi connectivity index (χ3n) is 6.79. The number of piperidine rings is 1. The number of rotatable bonds is 5. The highest BCUT2D eigenvalue weighted by atomic mass is 19.1. The third kappa shape index (κ3) is 3.92. The first-order chi connectivity index (χ1) is 17.4. The lowest BCUT2D eigenvalue weighted by atomic mass is 10.0. The van der Waals surface area contributed by atoms with Gasteiger partial charge in [-0.2, -0.15) is 0 Å². The molecule has 182 valence electrons. The number of imide groups is 1. The van der Waals surface area contributed by atoms with Crippen molar-refractivity contribution in [3.63, 3.8) is 0 Å². The molecule has 1 saturated carbocycles. The zero-order valence-electron chi connectivity index (χ0n) is 19.0. The summed E-state index contributed by atoms with van der Waals surface area (Å²) in [6.45, 7) is 0.215. The molecule has 1 saturated heterocycles. The van der Waals surface area contributed by atoms with Crippen LogP contribution in [-0.4, -0.2) is 49.6 Å². The lowest BCUT2D eigenvalue weighted by Crippen LogP contribution is -2.52. The van der Waals surface area contributed by atoms with E-state index >= 15 is 0 Å². The highest BCUT2D eigenvalue weighted by molar-refractivity contribution is 6.05. The molecule has 1 aromatic heterocycles. The Morgan fingerprint density at radius 1 is 1.08 bits per heavy atom. The molecule has 3 heterocycles. The summed E-state index contributed by atoms with van der Waals surface area (Å²) < 4.78 is 15.6. The zero-order valence-corrected chi connectivity index (χ0v) is 19.0. The molecule has 11 heteroatoms. The monoisotopic (exact) mass is 488 g/mol. The molecule has 2 N–H and O–H groups in total. The Morgan fingerprint density at radius 2 is 1.92 bits per heavy atom. The maximum absolute atomic E-state index is 14.2. The van der Waals surface area contributed by atoms with E-state index in [0.29, 0.717) is 22.7 Å². The van der Waals surface area contributed by atoms with Crippen LogP contribution < -0.4 is 10.6 Å². The normalized spacial score (nSPS) is 19.3. The summed E-state index contributed by atoms with van der Waals surface area (Å²) in [5, 5.41) is 12.8. The van der Waals surface area contributed by atoms with Crippen molar-refractivity contribution >= 4 is 29.3 Å². The minimum absolute atomic E-state index is 0.00738. The molecule has 0 bridgehead atoms. The van der Waals surface area contributed by atoms with Gasteiger partial charge in [-0.1, -0.05) is 11.3 Å². The van der Waals surface area contributed by atoms with E-state index < -0.39 is 23.7 Å². The summed E-state index contributed by atoms with van der Waals surface area (Å²) in [6, 6.07) is 9.09. The Balaban J connectivity index is 1.19. The molecule has 2 fully saturated rings. The fourth-order valence-electron chi connectivity index (χ4n) is 4.69. The molecule has 36 heavy (non-hydrogen) atoms. The van der Waals surface area contributed by atoms with Gasteiger partial charge in [0.1, 0.15) is 11.9 Å². The van der Waals surface area contributed by atoms with Gasteiger partial charge in [0.15, 0.2) is 5.69 Å². The standard InChI is InChI=1S/C25H21FN6O4/c26-18-6-3-14(13-1-2-13)10-19(18)27-23(34)20-12-32(30-29-20)16-4-5-17-15(9-16)11-31(25(17)36)21-7-8-22(33)28-24(21)35/h3-6,9-10,12-13,21H,1-2,7-8,11H2,(H,27,34)(H,28,33,35). The summed E-state index contributed by atoms with van der Waals surface area (Å²) in [5.74, 6) is -1.79. The Kier molecular flexibility index (Phi) is 5.13. The number of nitrogens with one attached hydrogen (secondary N) is 2. The SMILES string of the molecule is O=C1CCC(N2Cc3cc(-n4cc(C(=O)Nc5cc(C6CC6)ccc5F)nn4)ccc3C2=O)C(=O)N1. The van der Waals surface area contributed by atoms with Crippen molar-refractivity contribution in [1.82, 2.24) is 25.2 Å². The number of amides is 4. The molecular weight excluding hydrogens is 467 g/mol. The molecule has 1 atom stereocenters. The molecule has 1 unspecified atom stereocenters. The summed E-state index contributed by atoms with van der Waals surface area (Å²) in [7, 11) is 0. The quantitative estimate of drug-likeness (QED) is 0.531. The smallest absolute Gasteiger partial charge is 0.277 e. The van der Waals surface area contributed by atoms with Gasteiger partial charge >= 0.3 is 0 Å². The minimum atomic E-state index is -0.702. The fourth-order valence-corrected chi connectivity index (χ4v) is 4.69. The van der Waals surface area contributed by atoms with Gasteiger partial charge < -0.3 is 10.2 Å². The van der Waals surface area contributed by atoms with Gasteiger partial charge in [0, 0.05) is 18.5 Å². The average Bonchev–Trinajstić information content (AvgIpc) is 3.50. The van der Waals surface area contributed by atoms with Crippen molar-refractivity contribution in [2.24, 2.45) is 0 Å². The van der Waals surface area contributed by atoms with E-state index in [2.05, 4.69) is 20.9 Å². The lowest BCUT2D eigenvalue weighted by Gasteiger charge is -2.29. The molecule has 0 radical (unpaired) electrons. The Morgan fingerprint density at radius 3 is 2.69 bits per heavy atom. The van der Waals surface area contributed by atoms with Gasteiger partial charge in [0.2, 0.25) is 11.8 Å². The van der Waals surface area contributed by atoms with Crippen LogP contribution in [0.4, 0.5) is 10.1 Å². The first-order valence-electron chi connectivity index (χ1n) is 11.7. The van der Waals surface area contributed by atoms with Crippen LogP contribution in [0.25, 0.3) is 5.69 Å². The fraction of sp³-hybridized carbons (Fsp3) is 0.280. The van der Waals surface area contributed by atoms with Crippen molar-refractivity contribution < 1.29 is 23.6 Å². The highest BCUT2D eigenvalue weighted by Crippen LogP contribution is 2.41. The van der Waals surface area contributed by atoms with Gasteiger partial charge in [-0.3, -0.25) is 24.5 Å². The molecule has 10 nitrogen and oxygen atoms in total. The number of benzene rings is 2. The van der Waals surface area contributed by atoms with Crippen LogP contribution in [0.1, 0.15) is 63.6 Å². The van der Waals surface area contributed by atoms with E-state index in [1.165, 1.54) is 21.8 Å². The van der Waals surface area contributed by atoms with E-state index in [1.54, 1.807) is 30.3 Å². The van der Waals surface area contributed by atoms with Crippen LogP contribution in [0.2, 0.25) is 0 Å². The third-order valence-corrected chi connectivity index (χ3v) is 6.79. The molecular formula is C25H21FN6O4. The van der Waals surface area contributed by atoms with Gasteiger partial charge in [-0.05, 0) is 66.6 Å². The maximum Gasteiger partial charge on any atom is 0.277 e. The molecule has 6 rings (SSSR count). The number of carbonyl (C=O) groups excluding carboxylic acids is 4. The second kappa shape index (κ2) is 8.36. The van der Waals surface area contributed by atoms with Crippen LogP contribution in [0.3, 0.4) is 0 Å². The van der Waals surface area contributed by atoms with E-state index in [9.17, 15) is 23.6 Å². The number of carbonyl (C=O) groups is 4. The van der Waals surface area contributed by atoms with E-state index in [-0.39, 0.29) is 42.6 Å². The second-order valence-corrected chi connectivity index (χ2v) is 9.26. The van der Waals surface area contributed by atoms with E-state index in [0.717, 1.165) is 18.4 Å². The Bertz CT molecular complexity index is 1450. The van der Waals surface area contributed by atoms with Crippen molar-refractivity contribution in [3.8, 4) is 5.69 Å². The first kappa shape index (κ1) is 22.1. The topological polar surface area (TPSA) is 126 Å². The first-order valence-corrected chi connectivity index (χ1v) is 11.7. The number of aromatic nitrogens is 3. The molecule has 3 aromatic rings. The summed E-state index contributed by atoms with van der Waals surface area (Å²) in [5.41, 5.74) is 2.83. The summed E-state index contributed by atoms with van der Waals surface area (Å²) >= 11 is 0. The lowest BCUT2D eigenvalue weighted by molar-refractivity contribution is -0.136. The summed E-state index contributed by atoms with van der Waals surface area (Å²) in [4.78, 5) is 50.7. The van der Waals surface area contributed by atoms with Crippen LogP contribution in [-0.2, 0) is 16.1 Å². The maximum atomic E-state index is 14.2. The highest BCUT2D eigenvalue weighted by Gasteiger charge is 2.39. The van der Waals surface area contributed by atoms with Gasteiger partial charge in [-0.25, -0.2) is 9.07 Å². The van der Waals surface area contributed by atoms with Crippen molar-refractivity contribution in [3.05, 3.63) is 70.8 Å². The van der Waals surface area contributed by atoms with E-state index in [4.69, 9.17) is 0 Å². The average molecular weight is 488 g/mol. The van der Waals surface area contributed by atoms with Crippen molar-refractivity contribution in [2.75, 3.05) is 5.32 Å². The van der Waals surface area contributed by atoms with Gasteiger partial charge in [0.05, 0.1) is 17.6 Å². The molecule has 4 amide bonds. The molecule has 1 aliphatic carbocycles. The van der Waals surface area contributed by atoms with Crippen LogP contribution in [0.15, 0.2) is 42.6 Å². The predicted molar refractivity (Wildman–Crippen MR) is 124 cm³/mol. The number of hydrogen-bond donors (Lipinski definition) is 2. The van der Waals surface area contributed by atoms with E-state index in [1.807, 2.05) is 0 Å². The molecule has 0 spiro atoms. The number of hydrogen-bond acceptors (Lipinski definition) is 6. The Labute approximate surface area is 204 Å². The minimum Gasteiger partial charge on any atom is -0.322 e.